The number of rotatable bonds is 74. The molecule has 552 valence electrons. The lowest BCUT2D eigenvalue weighted by Crippen LogP contribution is -2.30. The molecule has 17 nitrogen and oxygen atoms in total. The van der Waals surface area contributed by atoms with Gasteiger partial charge >= 0.3 is 39.5 Å². The van der Waals surface area contributed by atoms with Crippen molar-refractivity contribution in [2.24, 2.45) is 5.92 Å². The zero-order chi connectivity index (χ0) is 68.4. The van der Waals surface area contributed by atoms with Crippen LogP contribution in [0.2, 0.25) is 0 Å². The van der Waals surface area contributed by atoms with Crippen molar-refractivity contribution in [1.29, 1.82) is 0 Å². The second kappa shape index (κ2) is 67.3. The molecule has 0 rings (SSSR count). The predicted molar refractivity (Wildman–Crippen MR) is 377 cm³/mol. The summed E-state index contributed by atoms with van der Waals surface area (Å²) in [5.41, 5.74) is 0. The number of esters is 4. The fraction of sp³-hybridized carbons (Fsp3) is 0.946. The summed E-state index contributed by atoms with van der Waals surface area (Å²) < 4.78 is 68.3. The van der Waals surface area contributed by atoms with Crippen molar-refractivity contribution >= 4 is 39.5 Å². The van der Waals surface area contributed by atoms with E-state index in [1.54, 1.807) is 0 Å². The summed E-state index contributed by atoms with van der Waals surface area (Å²) in [6.07, 6.45) is 55.6. The molecule has 93 heavy (non-hydrogen) atoms. The maximum Gasteiger partial charge on any atom is 0.472 e. The van der Waals surface area contributed by atoms with Crippen molar-refractivity contribution in [3.8, 4) is 0 Å². The summed E-state index contributed by atoms with van der Waals surface area (Å²) in [4.78, 5) is 72.6. The number of phosphoric acid groups is 2. The van der Waals surface area contributed by atoms with Crippen molar-refractivity contribution in [3.63, 3.8) is 0 Å². The van der Waals surface area contributed by atoms with Crippen LogP contribution in [-0.4, -0.2) is 96.7 Å². The van der Waals surface area contributed by atoms with Crippen LogP contribution >= 0.6 is 15.6 Å². The maximum atomic E-state index is 13.1. The normalized spacial score (nSPS) is 14.0. The Kier molecular flexibility index (Phi) is 65.9. The zero-order valence-corrected chi connectivity index (χ0v) is 62.2. The third-order valence-electron chi connectivity index (χ3n) is 17.3. The van der Waals surface area contributed by atoms with E-state index in [2.05, 4.69) is 34.6 Å². The highest BCUT2D eigenvalue weighted by Crippen LogP contribution is 2.45. The van der Waals surface area contributed by atoms with E-state index in [-0.39, 0.29) is 25.7 Å². The minimum atomic E-state index is -4.95. The molecule has 0 aromatic rings. The minimum Gasteiger partial charge on any atom is -0.462 e. The van der Waals surface area contributed by atoms with Crippen LogP contribution in [0, 0.1) is 5.92 Å². The third-order valence-corrected chi connectivity index (χ3v) is 19.2. The van der Waals surface area contributed by atoms with E-state index in [0.29, 0.717) is 25.7 Å². The van der Waals surface area contributed by atoms with E-state index in [1.165, 1.54) is 199 Å². The summed E-state index contributed by atoms with van der Waals surface area (Å²) >= 11 is 0. The molecule has 0 radical (unpaired) electrons. The van der Waals surface area contributed by atoms with Gasteiger partial charge in [0.2, 0.25) is 0 Å². The van der Waals surface area contributed by atoms with Crippen LogP contribution in [0.5, 0.6) is 0 Å². The quantitative estimate of drug-likeness (QED) is 0.0222. The second-order valence-electron chi connectivity index (χ2n) is 27.2. The summed E-state index contributed by atoms with van der Waals surface area (Å²) in [6, 6.07) is 0. The molecular weight excluding hydrogens is 1220 g/mol. The fourth-order valence-corrected chi connectivity index (χ4v) is 12.9. The molecule has 0 saturated heterocycles. The van der Waals surface area contributed by atoms with Crippen LogP contribution < -0.4 is 0 Å². The largest absolute Gasteiger partial charge is 0.472 e. The maximum absolute atomic E-state index is 13.1. The van der Waals surface area contributed by atoms with E-state index in [4.69, 9.17) is 37.0 Å². The highest BCUT2D eigenvalue weighted by Gasteiger charge is 2.30. The van der Waals surface area contributed by atoms with Gasteiger partial charge < -0.3 is 33.8 Å². The van der Waals surface area contributed by atoms with E-state index in [0.717, 1.165) is 109 Å². The fourth-order valence-electron chi connectivity index (χ4n) is 11.4. The molecule has 2 unspecified atom stereocenters. The Balaban J connectivity index is 5.18. The number of unbranched alkanes of at least 4 members (excludes halogenated alkanes) is 46. The Morgan fingerprint density at radius 2 is 0.495 bits per heavy atom. The molecule has 0 spiro atoms. The lowest BCUT2D eigenvalue weighted by atomic mass is 10.0. The molecule has 0 aliphatic rings. The minimum absolute atomic E-state index is 0.107. The number of carbonyl (C=O) groups is 4. The van der Waals surface area contributed by atoms with Gasteiger partial charge in [0.15, 0.2) is 12.2 Å². The number of ether oxygens (including phenoxy) is 4. The van der Waals surface area contributed by atoms with Gasteiger partial charge in [-0.25, -0.2) is 9.13 Å². The van der Waals surface area contributed by atoms with Gasteiger partial charge in [0, 0.05) is 25.7 Å². The lowest BCUT2D eigenvalue weighted by Gasteiger charge is -2.21. The third kappa shape index (κ3) is 68.4. The Bertz CT molecular complexity index is 1790. The molecule has 0 heterocycles. The molecule has 0 saturated carbocycles. The molecule has 0 aromatic heterocycles. The van der Waals surface area contributed by atoms with Gasteiger partial charge in [-0.05, 0) is 31.6 Å². The molecule has 0 amide bonds. The van der Waals surface area contributed by atoms with Gasteiger partial charge in [-0.15, -0.1) is 0 Å². The monoisotopic (exact) mass is 1370 g/mol. The molecule has 5 atom stereocenters. The Labute approximate surface area is 568 Å². The highest BCUT2D eigenvalue weighted by molar-refractivity contribution is 7.47. The van der Waals surface area contributed by atoms with Gasteiger partial charge in [0.25, 0.3) is 0 Å². The van der Waals surface area contributed by atoms with Gasteiger partial charge in [0.1, 0.15) is 19.3 Å². The van der Waals surface area contributed by atoms with Gasteiger partial charge in [-0.3, -0.25) is 37.3 Å². The second-order valence-corrected chi connectivity index (χ2v) is 30.1. The summed E-state index contributed by atoms with van der Waals surface area (Å²) in [5, 5.41) is 10.6. The average Bonchev–Trinajstić information content (AvgIpc) is 1.78. The number of hydrogen-bond donors (Lipinski definition) is 3. The molecule has 3 N–H and O–H groups in total. The summed E-state index contributed by atoms with van der Waals surface area (Å²) in [7, 11) is -9.90. The molecule has 0 bridgehead atoms. The summed E-state index contributed by atoms with van der Waals surface area (Å²) in [6.45, 7) is 7.25. The van der Waals surface area contributed by atoms with E-state index in [9.17, 15) is 43.2 Å². The van der Waals surface area contributed by atoms with Crippen molar-refractivity contribution in [1.82, 2.24) is 0 Å². The number of hydrogen-bond acceptors (Lipinski definition) is 15. The molecule has 19 heteroatoms. The highest BCUT2D eigenvalue weighted by atomic mass is 31.2. The van der Waals surface area contributed by atoms with Crippen LogP contribution in [-0.2, 0) is 65.4 Å². The molecule has 0 aliphatic heterocycles. The van der Waals surface area contributed by atoms with Crippen molar-refractivity contribution < 1.29 is 80.2 Å². The molecular formula is C74H144O17P2. The van der Waals surface area contributed by atoms with E-state index >= 15 is 0 Å². The first-order valence-corrected chi connectivity index (χ1v) is 41.6. The van der Waals surface area contributed by atoms with Crippen LogP contribution in [0.15, 0.2) is 0 Å². The van der Waals surface area contributed by atoms with Gasteiger partial charge in [-0.1, -0.05) is 336 Å². The van der Waals surface area contributed by atoms with Crippen LogP contribution in [0.4, 0.5) is 0 Å². The first kappa shape index (κ1) is 91.1. The van der Waals surface area contributed by atoms with Crippen molar-refractivity contribution in [2.75, 3.05) is 39.6 Å². The predicted octanol–water partition coefficient (Wildman–Crippen LogP) is 21.7. The SMILES string of the molecule is CCCCCCCCCCCCCCCCCCCCCC(=O)O[C@H](COC(=O)CCCCCCCCCCCCCCCC(C)C)COP(=O)(O)OC[C@@H](O)COP(=O)(O)OC[C@@H](COC(=O)CCCCCCCCC)OC(=O)CCCCCCCCCCCCC. The molecule has 0 aromatic carbocycles. The number of aliphatic hydroxyl groups excluding tert-OH is 1. The first-order chi connectivity index (χ1) is 45.0. The Morgan fingerprint density at radius 3 is 0.731 bits per heavy atom. The lowest BCUT2D eigenvalue weighted by molar-refractivity contribution is -0.161. The van der Waals surface area contributed by atoms with Crippen LogP contribution in [0.25, 0.3) is 0 Å². The average molecular weight is 1370 g/mol. The van der Waals surface area contributed by atoms with E-state index in [1.807, 2.05) is 0 Å². The van der Waals surface area contributed by atoms with Crippen molar-refractivity contribution in [3.05, 3.63) is 0 Å². The van der Waals surface area contributed by atoms with Gasteiger partial charge in [0.05, 0.1) is 26.4 Å². The Hall–Kier alpha value is -1.94. The smallest absolute Gasteiger partial charge is 0.462 e. The zero-order valence-electron chi connectivity index (χ0n) is 60.4. The Morgan fingerprint density at radius 1 is 0.290 bits per heavy atom. The summed E-state index contributed by atoms with van der Waals surface area (Å²) in [5.74, 6) is -1.33. The van der Waals surface area contributed by atoms with Crippen LogP contribution in [0.1, 0.15) is 388 Å². The number of carbonyl (C=O) groups excluding carboxylic acids is 4. The number of phosphoric ester groups is 2. The first-order valence-electron chi connectivity index (χ1n) is 38.6. The molecule has 0 aliphatic carbocycles. The molecule has 0 fully saturated rings. The van der Waals surface area contributed by atoms with Gasteiger partial charge in [-0.2, -0.15) is 0 Å². The standard InChI is InChI=1S/C74H144O17P2/c1-6-9-12-15-18-20-22-23-24-25-26-27-28-31-36-40-45-50-55-60-74(79)91-70(64-85-72(77)58-53-48-43-38-35-32-29-30-34-37-42-46-51-56-67(4)5)66-89-93(82,83)87-62-68(75)61-86-92(80,81)88-65-69(63-84-71(76)57-52-47-41-17-14-11-8-3)90-73(78)59-54-49-44-39-33-21-19-16-13-10-7-2/h67-70,75H,6-66H2,1-5H3,(H,80,81)(H,82,83)/t68-,69+,70+/m0/s1. The topological polar surface area (TPSA) is 237 Å². The number of aliphatic hydroxyl groups is 1. The van der Waals surface area contributed by atoms with Crippen LogP contribution in [0.3, 0.4) is 0 Å². The van der Waals surface area contributed by atoms with Crippen molar-refractivity contribution in [2.45, 2.75) is 406 Å². The van der Waals surface area contributed by atoms with E-state index < -0.39 is 97.5 Å².